The molecule has 1 aromatic carbocycles. The van der Waals surface area contributed by atoms with E-state index in [0.717, 1.165) is 5.56 Å². The van der Waals surface area contributed by atoms with Gasteiger partial charge in [0.05, 0.1) is 18.3 Å². The Morgan fingerprint density at radius 1 is 1.41 bits per heavy atom. The summed E-state index contributed by atoms with van der Waals surface area (Å²) in [6, 6.07) is 7.01. The summed E-state index contributed by atoms with van der Waals surface area (Å²) in [5.41, 5.74) is 1.15. The highest BCUT2D eigenvalue weighted by Crippen LogP contribution is 2.08. The van der Waals surface area contributed by atoms with Crippen LogP contribution in [0, 0.1) is 0 Å². The van der Waals surface area contributed by atoms with Gasteiger partial charge < -0.3 is 15.2 Å². The molecule has 0 aliphatic rings. The molecule has 0 aliphatic heterocycles. The second-order valence-corrected chi connectivity index (χ2v) is 4.06. The van der Waals surface area contributed by atoms with Gasteiger partial charge >= 0.3 is 5.97 Å². The van der Waals surface area contributed by atoms with E-state index in [0.29, 0.717) is 25.3 Å². The molecule has 0 bridgehead atoms. The minimum atomic E-state index is -0.888. The number of benzene rings is 1. The van der Waals surface area contributed by atoms with Gasteiger partial charge in [0.25, 0.3) is 0 Å². The van der Waals surface area contributed by atoms with Crippen LogP contribution in [-0.4, -0.2) is 30.3 Å². The molecule has 0 fully saturated rings. The molecule has 0 heterocycles. The van der Waals surface area contributed by atoms with Crippen molar-refractivity contribution in [3.8, 4) is 0 Å². The molecule has 2 N–H and O–H groups in total. The Bertz CT molecular complexity index is 363. The number of carboxylic acid groups (broad SMARTS) is 1. The van der Waals surface area contributed by atoms with Crippen LogP contribution in [0.4, 0.5) is 0 Å². The maximum Gasteiger partial charge on any atom is 0.336 e. The van der Waals surface area contributed by atoms with Crippen LogP contribution in [0.15, 0.2) is 24.3 Å². The Hall–Kier alpha value is -1.39. The fourth-order valence-corrected chi connectivity index (χ4v) is 1.47. The maximum atomic E-state index is 10.9. The second kappa shape index (κ2) is 7.04. The Morgan fingerprint density at radius 2 is 2.12 bits per heavy atom. The van der Waals surface area contributed by atoms with Gasteiger partial charge in [0, 0.05) is 13.1 Å². The van der Waals surface area contributed by atoms with Crippen LogP contribution in [0.1, 0.15) is 29.8 Å². The van der Waals surface area contributed by atoms with Gasteiger partial charge in [0.1, 0.15) is 0 Å². The summed E-state index contributed by atoms with van der Waals surface area (Å²) in [6.07, 6.45) is 0.225. The lowest BCUT2D eigenvalue weighted by Gasteiger charge is -2.09. The van der Waals surface area contributed by atoms with Crippen molar-refractivity contribution < 1.29 is 14.6 Å². The summed E-state index contributed by atoms with van der Waals surface area (Å²) in [6.45, 7) is 5.86. The van der Waals surface area contributed by atoms with Crippen LogP contribution < -0.4 is 5.32 Å². The molecule has 0 aliphatic carbocycles. The van der Waals surface area contributed by atoms with E-state index in [1.54, 1.807) is 12.1 Å². The summed E-state index contributed by atoms with van der Waals surface area (Å²) in [5.74, 6) is -0.888. The smallest absolute Gasteiger partial charge is 0.336 e. The van der Waals surface area contributed by atoms with Crippen molar-refractivity contribution in [2.24, 2.45) is 0 Å². The number of aromatic carboxylic acids is 1. The van der Waals surface area contributed by atoms with Crippen LogP contribution in [0.2, 0.25) is 0 Å². The van der Waals surface area contributed by atoms with Crippen molar-refractivity contribution >= 4 is 5.97 Å². The van der Waals surface area contributed by atoms with Gasteiger partial charge in [-0.1, -0.05) is 18.2 Å². The average molecular weight is 237 g/mol. The topological polar surface area (TPSA) is 58.6 Å². The lowest BCUT2D eigenvalue weighted by atomic mass is 10.1. The average Bonchev–Trinajstić information content (AvgIpc) is 2.28. The van der Waals surface area contributed by atoms with E-state index in [1.807, 2.05) is 26.0 Å². The largest absolute Gasteiger partial charge is 0.478 e. The predicted molar refractivity (Wildman–Crippen MR) is 66.2 cm³/mol. The number of carbonyl (C=O) groups is 1. The second-order valence-electron chi connectivity index (χ2n) is 4.06. The normalized spacial score (nSPS) is 10.8. The van der Waals surface area contributed by atoms with E-state index in [-0.39, 0.29) is 6.10 Å². The summed E-state index contributed by atoms with van der Waals surface area (Å²) in [5, 5.41) is 12.2. The minimum Gasteiger partial charge on any atom is -0.478 e. The van der Waals surface area contributed by atoms with Gasteiger partial charge in [-0.15, -0.1) is 0 Å². The van der Waals surface area contributed by atoms with Gasteiger partial charge in [-0.05, 0) is 25.5 Å². The molecule has 0 unspecified atom stereocenters. The lowest BCUT2D eigenvalue weighted by Crippen LogP contribution is -2.22. The molecule has 4 heteroatoms. The number of nitrogens with one attached hydrogen (secondary N) is 1. The lowest BCUT2D eigenvalue weighted by molar-refractivity contribution is 0.0695. The van der Waals surface area contributed by atoms with Crippen LogP contribution in [0.25, 0.3) is 0 Å². The SMILES string of the molecule is CC(C)OCCNCc1ccccc1C(=O)O. The molecule has 94 valence electrons. The standard InChI is InChI=1S/C13H19NO3/c1-10(2)17-8-7-14-9-11-5-3-4-6-12(11)13(15)16/h3-6,10,14H,7-9H2,1-2H3,(H,15,16). The summed E-state index contributed by atoms with van der Waals surface area (Å²) in [4.78, 5) is 10.9. The van der Waals surface area contributed by atoms with Gasteiger partial charge in [0.15, 0.2) is 0 Å². The molecular formula is C13H19NO3. The van der Waals surface area contributed by atoms with Crippen LogP contribution in [-0.2, 0) is 11.3 Å². The van der Waals surface area contributed by atoms with Gasteiger partial charge in [-0.3, -0.25) is 0 Å². The van der Waals surface area contributed by atoms with Crippen molar-refractivity contribution in [1.29, 1.82) is 0 Å². The molecule has 0 atom stereocenters. The number of ether oxygens (including phenoxy) is 1. The highest BCUT2D eigenvalue weighted by Gasteiger charge is 2.07. The first-order valence-corrected chi connectivity index (χ1v) is 5.74. The zero-order chi connectivity index (χ0) is 12.7. The van der Waals surface area contributed by atoms with Crippen LogP contribution >= 0.6 is 0 Å². The number of hydrogen-bond donors (Lipinski definition) is 2. The third-order valence-electron chi connectivity index (χ3n) is 2.29. The Balaban J connectivity index is 2.39. The van der Waals surface area contributed by atoms with E-state index in [4.69, 9.17) is 9.84 Å². The Labute approximate surface area is 102 Å². The Kier molecular flexibility index (Phi) is 5.66. The maximum absolute atomic E-state index is 10.9. The van der Waals surface area contributed by atoms with Crippen LogP contribution in [0.5, 0.6) is 0 Å². The van der Waals surface area contributed by atoms with E-state index in [2.05, 4.69) is 5.32 Å². The molecule has 0 aromatic heterocycles. The molecule has 1 aromatic rings. The molecule has 17 heavy (non-hydrogen) atoms. The number of rotatable bonds is 7. The molecule has 0 spiro atoms. The Morgan fingerprint density at radius 3 is 2.76 bits per heavy atom. The summed E-state index contributed by atoms with van der Waals surface area (Å²) in [7, 11) is 0. The highest BCUT2D eigenvalue weighted by atomic mass is 16.5. The molecule has 4 nitrogen and oxygen atoms in total. The number of hydrogen-bond acceptors (Lipinski definition) is 3. The monoisotopic (exact) mass is 237 g/mol. The zero-order valence-electron chi connectivity index (χ0n) is 10.3. The molecule has 0 radical (unpaired) electrons. The van der Waals surface area contributed by atoms with E-state index < -0.39 is 5.97 Å². The summed E-state index contributed by atoms with van der Waals surface area (Å²) >= 11 is 0. The molecule has 0 saturated heterocycles. The highest BCUT2D eigenvalue weighted by molar-refractivity contribution is 5.89. The first-order valence-electron chi connectivity index (χ1n) is 5.74. The molecule has 0 saturated carbocycles. The van der Waals surface area contributed by atoms with Crippen molar-refractivity contribution in [1.82, 2.24) is 5.32 Å². The van der Waals surface area contributed by atoms with E-state index in [9.17, 15) is 4.79 Å². The van der Waals surface area contributed by atoms with Crippen LogP contribution in [0.3, 0.4) is 0 Å². The predicted octanol–water partition coefficient (Wildman–Crippen LogP) is 1.90. The third-order valence-corrected chi connectivity index (χ3v) is 2.29. The molecule has 1 rings (SSSR count). The minimum absolute atomic E-state index is 0.225. The fraction of sp³-hybridized carbons (Fsp3) is 0.462. The quantitative estimate of drug-likeness (QED) is 0.711. The van der Waals surface area contributed by atoms with Crippen molar-refractivity contribution in [3.63, 3.8) is 0 Å². The van der Waals surface area contributed by atoms with Gasteiger partial charge in [-0.2, -0.15) is 0 Å². The van der Waals surface area contributed by atoms with E-state index in [1.165, 1.54) is 0 Å². The van der Waals surface area contributed by atoms with Gasteiger partial charge in [-0.25, -0.2) is 4.79 Å². The van der Waals surface area contributed by atoms with E-state index >= 15 is 0 Å². The number of carboxylic acids is 1. The van der Waals surface area contributed by atoms with Crippen molar-refractivity contribution in [2.75, 3.05) is 13.2 Å². The first-order chi connectivity index (χ1) is 8.11. The molecular weight excluding hydrogens is 218 g/mol. The van der Waals surface area contributed by atoms with Crippen molar-refractivity contribution in [3.05, 3.63) is 35.4 Å². The zero-order valence-corrected chi connectivity index (χ0v) is 10.3. The van der Waals surface area contributed by atoms with Gasteiger partial charge in [0.2, 0.25) is 0 Å². The molecule has 0 amide bonds. The first kappa shape index (κ1) is 13.7. The fourth-order valence-electron chi connectivity index (χ4n) is 1.47. The van der Waals surface area contributed by atoms with Crippen molar-refractivity contribution in [2.45, 2.75) is 26.5 Å². The summed E-state index contributed by atoms with van der Waals surface area (Å²) < 4.78 is 5.38. The third kappa shape index (κ3) is 4.97.